The zero-order valence-electron chi connectivity index (χ0n) is 8.78. The molecular formula is C9H17NO4. The molecule has 0 aromatic rings. The summed E-state index contributed by atoms with van der Waals surface area (Å²) in [6, 6.07) is -0.371. The number of carbonyl (C=O) groups is 1. The third-order valence-corrected chi connectivity index (χ3v) is 2.14. The van der Waals surface area contributed by atoms with E-state index in [4.69, 9.17) is 15.2 Å². The van der Waals surface area contributed by atoms with Crippen molar-refractivity contribution >= 4 is 5.97 Å². The average Bonchev–Trinajstić information content (AvgIpc) is 2.46. The van der Waals surface area contributed by atoms with E-state index < -0.39 is 5.79 Å². The van der Waals surface area contributed by atoms with Crippen LogP contribution in [-0.4, -0.2) is 37.6 Å². The van der Waals surface area contributed by atoms with Crippen LogP contribution in [0.15, 0.2) is 0 Å². The van der Waals surface area contributed by atoms with Crippen LogP contribution in [0.1, 0.15) is 20.3 Å². The van der Waals surface area contributed by atoms with E-state index in [0.29, 0.717) is 6.61 Å². The molecule has 0 aliphatic carbocycles. The summed E-state index contributed by atoms with van der Waals surface area (Å²) in [5.41, 5.74) is 5.77. The van der Waals surface area contributed by atoms with Crippen molar-refractivity contribution in [2.24, 2.45) is 5.73 Å². The monoisotopic (exact) mass is 203 g/mol. The van der Waals surface area contributed by atoms with Crippen molar-refractivity contribution in [2.75, 3.05) is 13.7 Å². The molecule has 5 heteroatoms. The molecule has 0 aromatic heterocycles. The van der Waals surface area contributed by atoms with Gasteiger partial charge in [-0.05, 0) is 13.8 Å². The van der Waals surface area contributed by atoms with Gasteiger partial charge in [0.15, 0.2) is 5.79 Å². The van der Waals surface area contributed by atoms with Gasteiger partial charge in [0.1, 0.15) is 0 Å². The van der Waals surface area contributed by atoms with E-state index in [9.17, 15) is 4.79 Å². The number of ether oxygens (including phenoxy) is 3. The molecule has 82 valence electrons. The predicted molar refractivity (Wildman–Crippen MR) is 49.5 cm³/mol. The summed E-state index contributed by atoms with van der Waals surface area (Å²) in [5.74, 6) is -0.927. The van der Waals surface area contributed by atoms with Crippen molar-refractivity contribution in [3.63, 3.8) is 0 Å². The molecule has 0 unspecified atom stereocenters. The van der Waals surface area contributed by atoms with Gasteiger partial charge in [-0.2, -0.15) is 0 Å². The van der Waals surface area contributed by atoms with Gasteiger partial charge in [-0.15, -0.1) is 0 Å². The minimum atomic E-state index is -0.599. The van der Waals surface area contributed by atoms with Crippen LogP contribution >= 0.6 is 0 Å². The molecule has 1 rings (SSSR count). The molecule has 1 aliphatic rings. The predicted octanol–water partition coefficient (Wildman–Crippen LogP) is 0.0283. The van der Waals surface area contributed by atoms with Crippen LogP contribution in [0.25, 0.3) is 0 Å². The second-order valence-corrected chi connectivity index (χ2v) is 3.81. The van der Waals surface area contributed by atoms with Gasteiger partial charge in [0, 0.05) is 6.04 Å². The smallest absolute Gasteiger partial charge is 0.307 e. The van der Waals surface area contributed by atoms with Crippen LogP contribution in [0.5, 0.6) is 0 Å². The third kappa shape index (κ3) is 2.94. The topological polar surface area (TPSA) is 70.8 Å². The standard InChI is InChI=1S/C9H17NO4/c1-9(2)13-5-7(14-9)6(10)4-8(11)12-3/h6-7H,4-5,10H2,1-3H3/t6-,7+/m0/s1. The molecular weight excluding hydrogens is 186 g/mol. The summed E-state index contributed by atoms with van der Waals surface area (Å²) in [4.78, 5) is 10.9. The van der Waals surface area contributed by atoms with Crippen molar-refractivity contribution in [2.45, 2.75) is 38.2 Å². The first-order valence-electron chi connectivity index (χ1n) is 4.59. The Morgan fingerprint density at radius 2 is 2.36 bits per heavy atom. The van der Waals surface area contributed by atoms with E-state index in [1.807, 2.05) is 13.8 Å². The molecule has 14 heavy (non-hydrogen) atoms. The Kier molecular flexibility index (Phi) is 3.47. The molecule has 0 amide bonds. The first-order valence-corrected chi connectivity index (χ1v) is 4.59. The molecule has 2 atom stereocenters. The number of rotatable bonds is 3. The minimum Gasteiger partial charge on any atom is -0.469 e. The Morgan fingerprint density at radius 1 is 1.71 bits per heavy atom. The summed E-state index contributed by atoms with van der Waals surface area (Å²) in [6.45, 7) is 4.06. The third-order valence-electron chi connectivity index (χ3n) is 2.14. The summed E-state index contributed by atoms with van der Waals surface area (Å²) in [7, 11) is 1.34. The van der Waals surface area contributed by atoms with Crippen LogP contribution in [0.3, 0.4) is 0 Å². The molecule has 1 aliphatic heterocycles. The van der Waals surface area contributed by atoms with E-state index in [-0.39, 0.29) is 24.5 Å². The maximum atomic E-state index is 10.9. The lowest BCUT2D eigenvalue weighted by Crippen LogP contribution is -2.39. The van der Waals surface area contributed by atoms with Gasteiger partial charge in [0.05, 0.1) is 26.2 Å². The van der Waals surface area contributed by atoms with E-state index in [0.717, 1.165) is 0 Å². The Bertz CT molecular complexity index is 217. The van der Waals surface area contributed by atoms with Crippen molar-refractivity contribution < 1.29 is 19.0 Å². The molecule has 1 saturated heterocycles. The van der Waals surface area contributed by atoms with Gasteiger partial charge in [-0.3, -0.25) is 4.79 Å². The molecule has 1 heterocycles. The molecule has 0 spiro atoms. The molecule has 1 fully saturated rings. The fourth-order valence-electron chi connectivity index (χ4n) is 1.33. The Balaban J connectivity index is 2.39. The van der Waals surface area contributed by atoms with Crippen LogP contribution < -0.4 is 5.73 Å². The van der Waals surface area contributed by atoms with Gasteiger partial charge < -0.3 is 19.9 Å². The lowest BCUT2D eigenvalue weighted by molar-refractivity contribution is -0.148. The highest BCUT2D eigenvalue weighted by atomic mass is 16.7. The second kappa shape index (κ2) is 4.25. The number of methoxy groups -OCH3 is 1. The van der Waals surface area contributed by atoms with E-state index in [1.165, 1.54) is 7.11 Å². The number of esters is 1. The Labute approximate surface area is 83.5 Å². The molecule has 0 aromatic carbocycles. The summed E-state index contributed by atoms with van der Waals surface area (Å²) in [6.07, 6.45) is -0.0789. The second-order valence-electron chi connectivity index (χ2n) is 3.81. The van der Waals surface area contributed by atoms with Gasteiger partial charge in [0.25, 0.3) is 0 Å². The van der Waals surface area contributed by atoms with Crippen LogP contribution in [0.2, 0.25) is 0 Å². The van der Waals surface area contributed by atoms with Crippen LogP contribution in [0, 0.1) is 0 Å². The molecule has 0 saturated carbocycles. The van der Waals surface area contributed by atoms with Crippen molar-refractivity contribution in [1.82, 2.24) is 0 Å². The van der Waals surface area contributed by atoms with Gasteiger partial charge in [-0.25, -0.2) is 0 Å². The first kappa shape index (κ1) is 11.4. The first-order chi connectivity index (χ1) is 6.44. The Hall–Kier alpha value is -0.650. The van der Waals surface area contributed by atoms with Crippen LogP contribution in [0.4, 0.5) is 0 Å². The molecule has 0 radical (unpaired) electrons. The normalized spacial score (nSPS) is 27.3. The summed E-state index contributed by atoms with van der Waals surface area (Å²) < 4.78 is 15.4. The molecule has 0 bridgehead atoms. The highest BCUT2D eigenvalue weighted by Gasteiger charge is 2.36. The lowest BCUT2D eigenvalue weighted by Gasteiger charge is -2.20. The van der Waals surface area contributed by atoms with Crippen molar-refractivity contribution in [3.05, 3.63) is 0 Å². The summed E-state index contributed by atoms with van der Waals surface area (Å²) in [5, 5.41) is 0. The maximum absolute atomic E-state index is 10.9. The zero-order valence-corrected chi connectivity index (χ0v) is 8.78. The van der Waals surface area contributed by atoms with Gasteiger partial charge in [-0.1, -0.05) is 0 Å². The summed E-state index contributed by atoms with van der Waals surface area (Å²) >= 11 is 0. The van der Waals surface area contributed by atoms with Crippen molar-refractivity contribution in [3.8, 4) is 0 Å². The van der Waals surface area contributed by atoms with Crippen LogP contribution in [-0.2, 0) is 19.0 Å². The van der Waals surface area contributed by atoms with E-state index in [1.54, 1.807) is 0 Å². The lowest BCUT2D eigenvalue weighted by atomic mass is 10.1. The number of hydrogen-bond donors (Lipinski definition) is 1. The number of hydrogen-bond acceptors (Lipinski definition) is 5. The Morgan fingerprint density at radius 3 is 2.79 bits per heavy atom. The SMILES string of the molecule is COC(=O)C[C@H](N)[C@H]1COC(C)(C)O1. The fraction of sp³-hybridized carbons (Fsp3) is 0.889. The maximum Gasteiger partial charge on any atom is 0.307 e. The van der Waals surface area contributed by atoms with Gasteiger partial charge in [0.2, 0.25) is 0 Å². The highest BCUT2D eigenvalue weighted by molar-refractivity contribution is 5.69. The number of carbonyl (C=O) groups excluding carboxylic acids is 1. The largest absolute Gasteiger partial charge is 0.469 e. The number of nitrogens with two attached hydrogens (primary N) is 1. The zero-order chi connectivity index (χ0) is 10.8. The van der Waals surface area contributed by atoms with Crippen molar-refractivity contribution in [1.29, 1.82) is 0 Å². The quantitative estimate of drug-likeness (QED) is 0.655. The minimum absolute atomic E-state index is 0.153. The highest BCUT2D eigenvalue weighted by Crippen LogP contribution is 2.24. The van der Waals surface area contributed by atoms with Gasteiger partial charge >= 0.3 is 5.97 Å². The molecule has 2 N–H and O–H groups in total. The fourth-order valence-corrected chi connectivity index (χ4v) is 1.33. The van der Waals surface area contributed by atoms with E-state index >= 15 is 0 Å². The molecule has 5 nitrogen and oxygen atoms in total. The average molecular weight is 203 g/mol. The van der Waals surface area contributed by atoms with E-state index in [2.05, 4.69) is 4.74 Å².